The van der Waals surface area contributed by atoms with Gasteiger partial charge in [0.05, 0.1) is 12.2 Å². The number of rotatable bonds is 17. The molecule has 6 N–H and O–H groups in total. The van der Waals surface area contributed by atoms with E-state index in [1.165, 1.54) is 64.2 Å². The highest BCUT2D eigenvalue weighted by Crippen LogP contribution is 2.68. The Bertz CT molecular complexity index is 997. The van der Waals surface area contributed by atoms with Crippen LogP contribution in [0, 0.1) is 52.3 Å². The van der Waals surface area contributed by atoms with E-state index < -0.39 is 16.5 Å². The van der Waals surface area contributed by atoms with Crippen molar-refractivity contribution in [3.63, 3.8) is 0 Å². The van der Waals surface area contributed by atoms with Crippen LogP contribution >= 0.6 is 0 Å². The molecule has 0 bridgehead atoms. The van der Waals surface area contributed by atoms with Gasteiger partial charge in [-0.05, 0) is 168 Å². The Morgan fingerprint density at radius 1 is 0.886 bits per heavy atom. The molecular formula is C35H67N3O5S. The van der Waals surface area contributed by atoms with Crippen LogP contribution in [0.5, 0.6) is 0 Å². The molecule has 11 atom stereocenters. The summed E-state index contributed by atoms with van der Waals surface area (Å²) in [5.74, 6) is 3.23. The van der Waals surface area contributed by atoms with E-state index in [9.17, 15) is 18.1 Å². The SMILES string of the molecule is CC(CC[C@@H](OS(=O)(=O)O)C(C)C)[C@H]1CCC2C3C(O)CC4C[C@@H](NCCCCNCCCCN)CC[C@]4(C)C3CC[C@@]21C. The topological polar surface area (TPSA) is 134 Å². The Kier molecular flexibility index (Phi) is 13.1. The lowest BCUT2D eigenvalue weighted by molar-refractivity contribution is -0.167. The molecule has 6 unspecified atom stereocenters. The predicted octanol–water partition coefficient (Wildman–Crippen LogP) is 5.94. The minimum absolute atomic E-state index is 0.0155. The van der Waals surface area contributed by atoms with Gasteiger partial charge in [0.2, 0.25) is 0 Å². The molecule has 0 heterocycles. The molecule has 0 aromatic rings. The average Bonchev–Trinajstić information content (AvgIpc) is 3.31. The summed E-state index contributed by atoms with van der Waals surface area (Å²) in [6, 6.07) is 0.583. The molecule has 0 aromatic heterocycles. The van der Waals surface area contributed by atoms with Crippen molar-refractivity contribution in [3.8, 4) is 0 Å². The summed E-state index contributed by atoms with van der Waals surface area (Å²) in [5, 5.41) is 19.2. The van der Waals surface area contributed by atoms with E-state index in [4.69, 9.17) is 9.92 Å². The van der Waals surface area contributed by atoms with Crippen LogP contribution in [-0.4, -0.2) is 62.5 Å². The summed E-state index contributed by atoms with van der Waals surface area (Å²) >= 11 is 0. The zero-order valence-electron chi connectivity index (χ0n) is 28.6. The first-order valence-corrected chi connectivity index (χ1v) is 19.6. The fourth-order valence-electron chi connectivity index (χ4n) is 10.9. The molecule has 4 saturated carbocycles. The van der Waals surface area contributed by atoms with Crippen molar-refractivity contribution in [2.75, 3.05) is 26.2 Å². The maximum Gasteiger partial charge on any atom is 0.397 e. The van der Waals surface area contributed by atoms with Gasteiger partial charge in [-0.25, -0.2) is 4.18 Å². The van der Waals surface area contributed by atoms with Crippen molar-refractivity contribution in [1.29, 1.82) is 0 Å². The zero-order chi connectivity index (χ0) is 32.1. The third-order valence-corrected chi connectivity index (χ3v) is 13.9. The second-order valence-corrected chi connectivity index (χ2v) is 17.3. The van der Waals surface area contributed by atoms with E-state index in [1.54, 1.807) is 0 Å². The second-order valence-electron chi connectivity index (χ2n) is 16.3. The van der Waals surface area contributed by atoms with Gasteiger partial charge in [0.1, 0.15) is 0 Å². The number of hydrogen-bond acceptors (Lipinski definition) is 7. The lowest BCUT2D eigenvalue weighted by Crippen LogP contribution is -2.59. The lowest BCUT2D eigenvalue weighted by Gasteiger charge is -2.62. The molecule has 0 aromatic carbocycles. The minimum atomic E-state index is -4.45. The summed E-state index contributed by atoms with van der Waals surface area (Å²) in [7, 11) is -4.45. The smallest absolute Gasteiger partial charge is 0.393 e. The molecule has 0 amide bonds. The number of nitrogens with two attached hydrogens (primary N) is 1. The van der Waals surface area contributed by atoms with Crippen molar-refractivity contribution in [2.45, 2.75) is 143 Å². The summed E-state index contributed by atoms with van der Waals surface area (Å²) < 4.78 is 37.1. The predicted molar refractivity (Wildman–Crippen MR) is 178 cm³/mol. The van der Waals surface area contributed by atoms with Crippen LogP contribution in [0.4, 0.5) is 0 Å². The van der Waals surface area contributed by atoms with Gasteiger partial charge in [-0.3, -0.25) is 4.55 Å². The molecule has 4 aliphatic rings. The van der Waals surface area contributed by atoms with Crippen LogP contribution in [0.15, 0.2) is 0 Å². The van der Waals surface area contributed by atoms with Gasteiger partial charge in [-0.15, -0.1) is 0 Å². The summed E-state index contributed by atoms with van der Waals surface area (Å²) in [5.41, 5.74) is 6.13. The van der Waals surface area contributed by atoms with Crippen molar-refractivity contribution < 1.29 is 22.3 Å². The third-order valence-electron chi connectivity index (χ3n) is 13.4. The summed E-state index contributed by atoms with van der Waals surface area (Å²) in [4.78, 5) is 0. The zero-order valence-corrected chi connectivity index (χ0v) is 29.4. The molecular weight excluding hydrogens is 574 g/mol. The molecule has 0 radical (unpaired) electrons. The Hall–Kier alpha value is -0.290. The molecule has 9 heteroatoms. The van der Waals surface area contributed by atoms with Crippen molar-refractivity contribution in [3.05, 3.63) is 0 Å². The van der Waals surface area contributed by atoms with Crippen LogP contribution in [0.3, 0.4) is 0 Å². The van der Waals surface area contributed by atoms with E-state index in [2.05, 4.69) is 31.4 Å². The normalized spacial score (nSPS) is 38.6. The maximum atomic E-state index is 11.8. The highest BCUT2D eigenvalue weighted by atomic mass is 32.3. The molecule has 258 valence electrons. The summed E-state index contributed by atoms with van der Waals surface area (Å²) in [6.45, 7) is 15.4. The minimum Gasteiger partial charge on any atom is -0.393 e. The first kappa shape index (κ1) is 36.5. The molecule has 4 rings (SSSR count). The van der Waals surface area contributed by atoms with Gasteiger partial charge < -0.3 is 21.5 Å². The van der Waals surface area contributed by atoms with E-state index in [-0.39, 0.29) is 17.4 Å². The van der Waals surface area contributed by atoms with Crippen molar-refractivity contribution in [1.82, 2.24) is 10.6 Å². The summed E-state index contributed by atoms with van der Waals surface area (Å²) in [6.07, 6.45) is 15.1. The molecule has 0 spiro atoms. The van der Waals surface area contributed by atoms with Gasteiger partial charge >= 0.3 is 10.4 Å². The van der Waals surface area contributed by atoms with Crippen LogP contribution in [0.25, 0.3) is 0 Å². The van der Waals surface area contributed by atoms with Crippen LogP contribution in [-0.2, 0) is 14.6 Å². The lowest BCUT2D eigenvalue weighted by atomic mass is 9.43. The Morgan fingerprint density at radius 3 is 2.23 bits per heavy atom. The maximum absolute atomic E-state index is 11.8. The number of fused-ring (bicyclic) bond motifs is 5. The number of nitrogens with one attached hydrogen (secondary N) is 2. The van der Waals surface area contributed by atoms with Crippen LogP contribution in [0.1, 0.15) is 125 Å². The van der Waals surface area contributed by atoms with E-state index >= 15 is 0 Å². The Morgan fingerprint density at radius 2 is 1.55 bits per heavy atom. The van der Waals surface area contributed by atoms with Gasteiger partial charge in [-0.2, -0.15) is 8.42 Å². The standard InChI is InChI=1S/C35H67N3O5S/c1-24(2)32(43-44(40,41)42)13-10-25(3)28-11-12-29-33-30(15-17-35(28,29)5)34(4)16-14-27(22-26(34)23-31(33)39)38-21-9-8-20-37-19-7-6-18-36/h24-33,37-39H,6-23,36H2,1-5H3,(H,40,41,42)/t25?,26?,27-,28+,29?,30?,31?,32+,33?,34-,35+/m0/s1. The first-order valence-electron chi connectivity index (χ1n) is 18.3. The van der Waals surface area contributed by atoms with Gasteiger partial charge in [0.15, 0.2) is 0 Å². The molecule has 44 heavy (non-hydrogen) atoms. The molecule has 4 fully saturated rings. The third kappa shape index (κ3) is 8.59. The monoisotopic (exact) mass is 641 g/mol. The van der Waals surface area contributed by atoms with Crippen molar-refractivity contribution in [2.24, 2.45) is 58.0 Å². The van der Waals surface area contributed by atoms with Gasteiger partial charge in [0, 0.05) is 6.04 Å². The number of aliphatic hydroxyl groups excluding tert-OH is 1. The highest BCUT2D eigenvalue weighted by molar-refractivity contribution is 7.80. The molecule has 0 saturated heterocycles. The first-order chi connectivity index (χ1) is 20.8. The fourth-order valence-corrected chi connectivity index (χ4v) is 11.5. The van der Waals surface area contributed by atoms with Crippen LogP contribution in [0.2, 0.25) is 0 Å². The Balaban J connectivity index is 1.29. The number of hydrogen-bond donors (Lipinski definition) is 5. The van der Waals surface area contributed by atoms with E-state index in [1.807, 2.05) is 13.8 Å². The quantitative estimate of drug-likeness (QED) is 0.0973. The molecule has 0 aliphatic heterocycles. The highest BCUT2D eigenvalue weighted by Gasteiger charge is 2.62. The van der Waals surface area contributed by atoms with Crippen molar-refractivity contribution >= 4 is 10.4 Å². The van der Waals surface area contributed by atoms with Gasteiger partial charge in [-0.1, -0.05) is 34.6 Å². The fraction of sp³-hybridized carbons (Fsp3) is 1.00. The molecule has 4 aliphatic carbocycles. The Labute approximate surface area is 269 Å². The van der Waals surface area contributed by atoms with Gasteiger partial charge in [0.25, 0.3) is 0 Å². The molecule has 8 nitrogen and oxygen atoms in total. The number of unbranched alkanes of at least 4 members (excludes halogenated alkanes) is 2. The average molecular weight is 642 g/mol. The number of aliphatic hydroxyl groups is 1. The largest absolute Gasteiger partial charge is 0.397 e. The van der Waals surface area contributed by atoms with E-state index in [0.717, 1.165) is 45.4 Å². The van der Waals surface area contributed by atoms with Crippen LogP contribution < -0.4 is 16.4 Å². The second kappa shape index (κ2) is 15.7. The van der Waals surface area contributed by atoms with E-state index in [0.29, 0.717) is 53.4 Å².